The number of hydrogen-bond acceptors (Lipinski definition) is 1. The monoisotopic (exact) mass is 263 g/mol. The van der Waals surface area contributed by atoms with E-state index in [1.165, 1.54) is 6.07 Å². The van der Waals surface area contributed by atoms with Crippen molar-refractivity contribution in [2.45, 2.75) is 20.4 Å². The summed E-state index contributed by atoms with van der Waals surface area (Å²) in [4.78, 5) is 0. The summed E-state index contributed by atoms with van der Waals surface area (Å²) < 4.78 is 13.6. The molecule has 94 valence electrons. The zero-order valence-corrected chi connectivity index (χ0v) is 11.2. The summed E-state index contributed by atoms with van der Waals surface area (Å²) in [5, 5.41) is 3.81. The Balaban J connectivity index is 2.13. The lowest BCUT2D eigenvalue weighted by molar-refractivity contribution is 0.612. The average Bonchev–Trinajstić information content (AvgIpc) is 2.32. The Labute approximate surface area is 112 Å². The van der Waals surface area contributed by atoms with E-state index in [4.69, 9.17) is 11.6 Å². The maximum absolute atomic E-state index is 13.6. The summed E-state index contributed by atoms with van der Waals surface area (Å²) in [6.45, 7) is 4.36. The lowest BCUT2D eigenvalue weighted by Crippen LogP contribution is -2.02. The first kappa shape index (κ1) is 12.9. The first-order valence-electron chi connectivity index (χ1n) is 5.81. The van der Waals surface area contributed by atoms with Crippen LogP contribution in [0.1, 0.15) is 16.7 Å². The van der Waals surface area contributed by atoms with Crippen LogP contribution >= 0.6 is 11.6 Å². The maximum Gasteiger partial charge on any atom is 0.128 e. The molecule has 0 heterocycles. The van der Waals surface area contributed by atoms with E-state index >= 15 is 0 Å². The van der Waals surface area contributed by atoms with Crippen molar-refractivity contribution in [2.75, 3.05) is 5.32 Å². The molecule has 1 N–H and O–H groups in total. The van der Waals surface area contributed by atoms with Crippen LogP contribution in [0.3, 0.4) is 0 Å². The molecule has 0 amide bonds. The highest BCUT2D eigenvalue weighted by Gasteiger charge is 2.04. The fraction of sp³-hybridized carbons (Fsp3) is 0.200. The molecule has 0 aliphatic carbocycles. The second-order valence-corrected chi connectivity index (χ2v) is 4.84. The van der Waals surface area contributed by atoms with Gasteiger partial charge in [0.05, 0.1) is 10.7 Å². The first-order chi connectivity index (χ1) is 8.56. The summed E-state index contributed by atoms with van der Waals surface area (Å²) in [5.74, 6) is -0.198. The molecule has 0 spiro atoms. The van der Waals surface area contributed by atoms with Gasteiger partial charge < -0.3 is 5.32 Å². The Morgan fingerprint density at radius 1 is 1.06 bits per heavy atom. The predicted molar refractivity (Wildman–Crippen MR) is 74.7 cm³/mol. The summed E-state index contributed by atoms with van der Waals surface area (Å²) in [6, 6.07) is 10.9. The third-order valence-corrected chi connectivity index (χ3v) is 3.11. The van der Waals surface area contributed by atoms with E-state index in [0.29, 0.717) is 17.1 Å². The fourth-order valence-electron chi connectivity index (χ4n) is 1.79. The van der Waals surface area contributed by atoms with E-state index in [-0.39, 0.29) is 5.82 Å². The maximum atomic E-state index is 13.6. The van der Waals surface area contributed by atoms with Gasteiger partial charge in [0.15, 0.2) is 0 Å². The van der Waals surface area contributed by atoms with Crippen LogP contribution in [0, 0.1) is 19.7 Å². The van der Waals surface area contributed by atoms with Gasteiger partial charge in [0.1, 0.15) is 5.82 Å². The topological polar surface area (TPSA) is 12.0 Å². The third-order valence-electron chi connectivity index (χ3n) is 2.80. The molecule has 0 unspecified atom stereocenters. The zero-order chi connectivity index (χ0) is 13.1. The third kappa shape index (κ3) is 3.02. The number of hydrogen-bond donors (Lipinski definition) is 1. The Kier molecular flexibility index (Phi) is 3.87. The number of aryl methyl sites for hydroxylation is 2. The van der Waals surface area contributed by atoms with Gasteiger partial charge in [-0.15, -0.1) is 0 Å². The summed E-state index contributed by atoms with van der Waals surface area (Å²) in [5.41, 5.74) is 3.62. The van der Waals surface area contributed by atoms with Crippen LogP contribution in [-0.2, 0) is 6.54 Å². The molecule has 0 radical (unpaired) electrons. The molecule has 2 rings (SSSR count). The highest BCUT2D eigenvalue weighted by atomic mass is 35.5. The molecule has 0 atom stereocenters. The van der Waals surface area contributed by atoms with Crippen LogP contribution in [0.4, 0.5) is 10.1 Å². The van der Waals surface area contributed by atoms with Gasteiger partial charge in [-0.2, -0.15) is 0 Å². The van der Waals surface area contributed by atoms with Crippen molar-refractivity contribution in [2.24, 2.45) is 0 Å². The average molecular weight is 264 g/mol. The first-order valence-corrected chi connectivity index (χ1v) is 6.19. The molecule has 0 aliphatic heterocycles. The Morgan fingerprint density at radius 2 is 1.72 bits per heavy atom. The van der Waals surface area contributed by atoms with E-state index in [1.54, 1.807) is 6.07 Å². The fourth-order valence-corrected chi connectivity index (χ4v) is 2.09. The van der Waals surface area contributed by atoms with Gasteiger partial charge in [-0.25, -0.2) is 4.39 Å². The molecule has 0 fully saturated rings. The zero-order valence-electron chi connectivity index (χ0n) is 10.4. The standard InChI is InChI=1S/C15H15ClFN/c1-10-3-5-14(17)12(7-10)9-18-15-6-4-11(2)8-13(15)16/h3-8,18H,9H2,1-2H3. The number of halogens is 2. The molecule has 3 heteroatoms. The normalized spacial score (nSPS) is 10.4. The van der Waals surface area contributed by atoms with E-state index in [0.717, 1.165) is 16.8 Å². The molecule has 2 aromatic rings. The van der Waals surface area contributed by atoms with Crippen molar-refractivity contribution in [3.63, 3.8) is 0 Å². The molecular formula is C15H15ClFN. The molecule has 0 saturated carbocycles. The highest BCUT2D eigenvalue weighted by Crippen LogP contribution is 2.23. The molecule has 0 aliphatic rings. The highest BCUT2D eigenvalue weighted by molar-refractivity contribution is 6.33. The van der Waals surface area contributed by atoms with Crippen molar-refractivity contribution in [1.82, 2.24) is 0 Å². The van der Waals surface area contributed by atoms with Crippen LogP contribution in [-0.4, -0.2) is 0 Å². The molecule has 18 heavy (non-hydrogen) atoms. The van der Waals surface area contributed by atoms with Gasteiger partial charge in [-0.1, -0.05) is 35.4 Å². The van der Waals surface area contributed by atoms with Gasteiger partial charge in [-0.3, -0.25) is 0 Å². The molecule has 0 aromatic heterocycles. The smallest absolute Gasteiger partial charge is 0.128 e. The Bertz CT molecular complexity index is 566. The minimum absolute atomic E-state index is 0.198. The van der Waals surface area contributed by atoms with Gasteiger partial charge in [-0.05, 0) is 37.6 Å². The van der Waals surface area contributed by atoms with E-state index in [1.807, 2.05) is 38.1 Å². The molecule has 1 nitrogen and oxygen atoms in total. The van der Waals surface area contributed by atoms with Crippen LogP contribution < -0.4 is 5.32 Å². The van der Waals surface area contributed by atoms with Crippen molar-refractivity contribution in [3.8, 4) is 0 Å². The second-order valence-electron chi connectivity index (χ2n) is 4.43. The van der Waals surface area contributed by atoms with Crippen LogP contribution in [0.2, 0.25) is 5.02 Å². The Morgan fingerprint density at radius 3 is 2.44 bits per heavy atom. The summed E-state index contributed by atoms with van der Waals surface area (Å²) >= 11 is 6.11. The summed E-state index contributed by atoms with van der Waals surface area (Å²) in [7, 11) is 0. The number of rotatable bonds is 3. The lowest BCUT2D eigenvalue weighted by Gasteiger charge is -2.10. The quantitative estimate of drug-likeness (QED) is 0.846. The van der Waals surface area contributed by atoms with Gasteiger partial charge in [0.25, 0.3) is 0 Å². The van der Waals surface area contributed by atoms with Crippen molar-refractivity contribution in [1.29, 1.82) is 0 Å². The van der Waals surface area contributed by atoms with Gasteiger partial charge >= 0.3 is 0 Å². The van der Waals surface area contributed by atoms with Crippen molar-refractivity contribution in [3.05, 3.63) is 63.9 Å². The largest absolute Gasteiger partial charge is 0.380 e. The van der Waals surface area contributed by atoms with Gasteiger partial charge in [0.2, 0.25) is 0 Å². The molecular weight excluding hydrogens is 249 g/mol. The second kappa shape index (κ2) is 5.40. The van der Waals surface area contributed by atoms with E-state index in [2.05, 4.69) is 5.32 Å². The number of anilines is 1. The lowest BCUT2D eigenvalue weighted by atomic mass is 10.1. The summed E-state index contributed by atoms with van der Waals surface area (Å²) in [6.07, 6.45) is 0. The predicted octanol–water partition coefficient (Wildman–Crippen LogP) is 4.71. The Hall–Kier alpha value is -1.54. The number of benzene rings is 2. The van der Waals surface area contributed by atoms with Crippen LogP contribution in [0.15, 0.2) is 36.4 Å². The SMILES string of the molecule is Cc1ccc(NCc2cc(C)ccc2F)c(Cl)c1. The minimum atomic E-state index is -0.198. The van der Waals surface area contributed by atoms with Crippen LogP contribution in [0.25, 0.3) is 0 Å². The van der Waals surface area contributed by atoms with E-state index < -0.39 is 0 Å². The molecule has 0 saturated heterocycles. The minimum Gasteiger partial charge on any atom is -0.380 e. The number of nitrogens with one attached hydrogen (secondary N) is 1. The van der Waals surface area contributed by atoms with Crippen LogP contribution in [0.5, 0.6) is 0 Å². The van der Waals surface area contributed by atoms with Crippen molar-refractivity contribution >= 4 is 17.3 Å². The van der Waals surface area contributed by atoms with Crippen molar-refractivity contribution < 1.29 is 4.39 Å². The molecule has 0 bridgehead atoms. The van der Waals surface area contributed by atoms with E-state index in [9.17, 15) is 4.39 Å². The van der Waals surface area contributed by atoms with Gasteiger partial charge in [0, 0.05) is 12.1 Å². The molecule has 2 aromatic carbocycles.